The van der Waals surface area contributed by atoms with Crippen LogP contribution in [0.3, 0.4) is 0 Å². The van der Waals surface area contributed by atoms with Crippen LogP contribution in [0, 0.1) is 5.92 Å². The molecule has 0 amide bonds. The summed E-state index contributed by atoms with van der Waals surface area (Å²) in [5.74, 6) is 1.93. The molecule has 1 saturated carbocycles. The van der Waals surface area contributed by atoms with Gasteiger partial charge in [-0.25, -0.2) is 8.42 Å². The molecule has 5 rings (SSSR count). The summed E-state index contributed by atoms with van der Waals surface area (Å²) in [6, 6.07) is 17.4. The summed E-state index contributed by atoms with van der Waals surface area (Å²) in [4.78, 5) is 8.68. The molecule has 4 aromatic rings. The number of hydrogen-bond acceptors (Lipinski definition) is 8. The first-order valence-electron chi connectivity index (χ1n) is 14.3. The van der Waals surface area contributed by atoms with Gasteiger partial charge < -0.3 is 14.9 Å². The highest BCUT2D eigenvalue weighted by molar-refractivity contribution is 7.92. The van der Waals surface area contributed by atoms with E-state index < -0.39 is 16.1 Å². The summed E-state index contributed by atoms with van der Waals surface area (Å²) < 4.78 is 34.0. The van der Waals surface area contributed by atoms with Crippen LogP contribution >= 0.6 is 0 Å². The van der Waals surface area contributed by atoms with Crippen molar-refractivity contribution in [2.45, 2.75) is 62.4 Å². The van der Waals surface area contributed by atoms with E-state index in [-0.39, 0.29) is 4.90 Å². The minimum atomic E-state index is -3.76. The number of rotatable bonds is 14. The third-order valence-electron chi connectivity index (χ3n) is 7.57. The first kappa shape index (κ1) is 28.9. The fourth-order valence-electron chi connectivity index (χ4n) is 5.21. The summed E-state index contributed by atoms with van der Waals surface area (Å²) in [7, 11) is -3.76. The number of sulfonamides is 1. The van der Waals surface area contributed by atoms with Gasteiger partial charge in [0.25, 0.3) is 10.0 Å². The largest absolute Gasteiger partial charge is 0.387 e. The summed E-state index contributed by atoms with van der Waals surface area (Å²) in [5.41, 5.74) is 3.02. The highest BCUT2D eigenvalue weighted by Gasteiger charge is 2.17. The maximum Gasteiger partial charge on any atom is 0.261 e. The van der Waals surface area contributed by atoms with E-state index in [2.05, 4.69) is 25.2 Å². The lowest BCUT2D eigenvalue weighted by molar-refractivity contribution is 0.174. The fraction of sp³-hybridized carbons (Fsp3) is 0.387. The molecular formula is C31H37N5O4S. The van der Waals surface area contributed by atoms with E-state index in [1.807, 2.05) is 18.2 Å². The van der Waals surface area contributed by atoms with Gasteiger partial charge in [0.1, 0.15) is 0 Å². The first-order valence-corrected chi connectivity index (χ1v) is 15.8. The minimum absolute atomic E-state index is 0.155. The molecule has 0 bridgehead atoms. The van der Waals surface area contributed by atoms with E-state index in [9.17, 15) is 13.5 Å². The number of benzene rings is 2. The second-order valence-electron chi connectivity index (χ2n) is 10.6. The van der Waals surface area contributed by atoms with Crippen molar-refractivity contribution in [2.75, 3.05) is 17.8 Å². The molecule has 41 heavy (non-hydrogen) atoms. The van der Waals surface area contributed by atoms with Crippen LogP contribution in [0.4, 0.5) is 5.69 Å². The predicted molar refractivity (Wildman–Crippen MR) is 158 cm³/mol. The van der Waals surface area contributed by atoms with Crippen molar-refractivity contribution in [3.63, 3.8) is 0 Å². The van der Waals surface area contributed by atoms with Gasteiger partial charge in [0.05, 0.1) is 11.0 Å². The molecule has 1 atom stereocenters. The molecule has 9 nitrogen and oxygen atoms in total. The standard InChI is InChI=1S/C31H37N5O4S/c37-29(26-8-4-19-32-21-26)22-33-20-18-24-10-14-27(15-11-24)36-41(38,39)28-16-12-25(13-17-28)31-34-30(40-35-31)9-3-7-23-5-1-2-6-23/h4,8,10-17,19,21,23,29,33,36-37H,1-3,5-7,9,18,20,22H2. The van der Waals surface area contributed by atoms with Crippen LogP contribution in [0.5, 0.6) is 0 Å². The van der Waals surface area contributed by atoms with Gasteiger partial charge in [-0.1, -0.05) is 49.0 Å². The van der Waals surface area contributed by atoms with Crippen LogP contribution in [0.2, 0.25) is 0 Å². The topological polar surface area (TPSA) is 130 Å². The number of aliphatic hydroxyl groups is 1. The summed E-state index contributed by atoms with van der Waals surface area (Å²) in [6.07, 6.45) is 11.8. The van der Waals surface area contributed by atoms with Crippen LogP contribution in [-0.4, -0.2) is 41.7 Å². The number of aromatic nitrogens is 3. The van der Waals surface area contributed by atoms with Crippen LogP contribution in [0.15, 0.2) is 82.5 Å². The summed E-state index contributed by atoms with van der Waals surface area (Å²) in [5, 5.41) is 17.5. The number of aliphatic hydroxyl groups excluding tert-OH is 1. The lowest BCUT2D eigenvalue weighted by atomic mass is 10.0. The second-order valence-corrected chi connectivity index (χ2v) is 12.3. The van der Waals surface area contributed by atoms with Crippen molar-refractivity contribution in [1.29, 1.82) is 0 Å². The molecule has 2 aromatic carbocycles. The third-order valence-corrected chi connectivity index (χ3v) is 8.97. The molecule has 1 aliphatic carbocycles. The van der Waals surface area contributed by atoms with Gasteiger partial charge in [-0.05, 0) is 79.8 Å². The Kier molecular flexibility index (Phi) is 9.76. The number of anilines is 1. The maximum absolute atomic E-state index is 13.0. The molecule has 1 aliphatic rings. The molecule has 0 saturated heterocycles. The van der Waals surface area contributed by atoms with E-state index in [4.69, 9.17) is 4.52 Å². The highest BCUT2D eigenvalue weighted by Crippen LogP contribution is 2.29. The van der Waals surface area contributed by atoms with Crippen LogP contribution in [0.1, 0.15) is 61.6 Å². The SMILES string of the molecule is O=S(=O)(Nc1ccc(CCNCC(O)c2cccnc2)cc1)c1ccc(-c2noc(CCCC3CCCC3)n2)cc1. The van der Waals surface area contributed by atoms with E-state index in [0.717, 1.165) is 36.3 Å². The number of pyridine rings is 1. The van der Waals surface area contributed by atoms with E-state index >= 15 is 0 Å². The van der Waals surface area contributed by atoms with Crippen molar-refractivity contribution in [2.24, 2.45) is 5.92 Å². The molecule has 2 heterocycles. The Morgan fingerprint density at radius 3 is 2.51 bits per heavy atom. The number of aryl methyl sites for hydroxylation is 1. The van der Waals surface area contributed by atoms with Crippen molar-refractivity contribution in [3.8, 4) is 11.4 Å². The van der Waals surface area contributed by atoms with Gasteiger partial charge in [-0.2, -0.15) is 4.98 Å². The number of nitrogens with one attached hydrogen (secondary N) is 2. The quantitative estimate of drug-likeness (QED) is 0.173. The van der Waals surface area contributed by atoms with Crippen molar-refractivity contribution in [1.82, 2.24) is 20.4 Å². The van der Waals surface area contributed by atoms with Gasteiger partial charge in [-0.3, -0.25) is 9.71 Å². The van der Waals surface area contributed by atoms with Crippen LogP contribution in [0.25, 0.3) is 11.4 Å². The third kappa shape index (κ3) is 8.22. The molecule has 1 unspecified atom stereocenters. The Balaban J connectivity index is 1.08. The van der Waals surface area contributed by atoms with E-state index in [1.165, 1.54) is 32.1 Å². The molecule has 10 heteroatoms. The molecule has 0 aliphatic heterocycles. The highest BCUT2D eigenvalue weighted by atomic mass is 32.2. The maximum atomic E-state index is 13.0. The molecule has 216 valence electrons. The molecule has 2 aromatic heterocycles. The lowest BCUT2D eigenvalue weighted by Gasteiger charge is -2.12. The van der Waals surface area contributed by atoms with Gasteiger partial charge >= 0.3 is 0 Å². The van der Waals surface area contributed by atoms with E-state index in [0.29, 0.717) is 36.1 Å². The Morgan fingerprint density at radius 2 is 1.78 bits per heavy atom. The zero-order valence-corrected chi connectivity index (χ0v) is 23.9. The smallest absolute Gasteiger partial charge is 0.261 e. The average Bonchev–Trinajstić information content (AvgIpc) is 3.69. The minimum Gasteiger partial charge on any atom is -0.387 e. The lowest BCUT2D eigenvalue weighted by Crippen LogP contribution is -2.23. The van der Waals surface area contributed by atoms with Gasteiger partial charge in [0.2, 0.25) is 11.7 Å². The predicted octanol–water partition coefficient (Wildman–Crippen LogP) is 5.31. The monoisotopic (exact) mass is 575 g/mol. The van der Waals surface area contributed by atoms with Crippen LogP contribution in [-0.2, 0) is 22.9 Å². The summed E-state index contributed by atoms with van der Waals surface area (Å²) >= 11 is 0. The molecule has 3 N–H and O–H groups in total. The van der Waals surface area contributed by atoms with Gasteiger partial charge in [0, 0.05) is 42.2 Å². The fourth-order valence-corrected chi connectivity index (χ4v) is 6.27. The number of nitrogens with zero attached hydrogens (tertiary/aromatic N) is 3. The Bertz CT molecular complexity index is 1470. The van der Waals surface area contributed by atoms with Gasteiger partial charge in [-0.15, -0.1) is 0 Å². The van der Waals surface area contributed by atoms with Crippen molar-refractivity contribution < 1.29 is 18.0 Å². The number of hydrogen-bond donors (Lipinski definition) is 3. The summed E-state index contributed by atoms with van der Waals surface area (Å²) in [6.45, 7) is 1.10. The first-order chi connectivity index (χ1) is 20.0. The Labute approximate surface area is 241 Å². The van der Waals surface area contributed by atoms with Crippen LogP contribution < -0.4 is 10.0 Å². The average molecular weight is 576 g/mol. The second kappa shape index (κ2) is 13.8. The molecule has 0 spiro atoms. The van der Waals surface area contributed by atoms with Crippen molar-refractivity contribution >= 4 is 15.7 Å². The van der Waals surface area contributed by atoms with E-state index in [1.54, 1.807) is 54.9 Å². The Hall–Kier alpha value is -3.60. The zero-order chi connectivity index (χ0) is 28.5. The normalized spacial score (nSPS) is 14.8. The molecule has 1 fully saturated rings. The Morgan fingerprint density at radius 1 is 1.00 bits per heavy atom. The zero-order valence-electron chi connectivity index (χ0n) is 23.1. The van der Waals surface area contributed by atoms with Crippen molar-refractivity contribution in [3.05, 3.63) is 90.1 Å². The molecule has 0 radical (unpaired) electrons. The molecular weight excluding hydrogens is 538 g/mol. The van der Waals surface area contributed by atoms with Gasteiger partial charge in [0.15, 0.2) is 0 Å².